The molecule has 0 spiro atoms. The van der Waals surface area contributed by atoms with Gasteiger partial charge in [-0.1, -0.05) is 23.8 Å². The highest BCUT2D eigenvalue weighted by Gasteiger charge is 2.28. The average molecular weight is 408 g/mol. The Morgan fingerprint density at radius 3 is 2.25 bits per heavy atom. The molecule has 1 atom stereocenters. The zero-order chi connectivity index (χ0) is 21.1. The fraction of sp³-hybridized carbons (Fsp3) is 0.350. The molecule has 0 aliphatic heterocycles. The molecule has 0 bridgehead atoms. The SMILES string of the molecule is Cc1ccc([C@@H](C)NC(=O)CN(c2ccc(F)cc2)S(=O)(=O)N(C)C)c(C)c1. The van der Waals surface area contributed by atoms with Gasteiger partial charge in [0.15, 0.2) is 0 Å². The van der Waals surface area contributed by atoms with E-state index in [0.29, 0.717) is 0 Å². The molecule has 2 aromatic rings. The number of halogens is 1. The van der Waals surface area contributed by atoms with Crippen LogP contribution in [0.4, 0.5) is 10.1 Å². The molecule has 1 amide bonds. The highest BCUT2D eigenvalue weighted by Crippen LogP contribution is 2.21. The van der Waals surface area contributed by atoms with Gasteiger partial charge in [0.25, 0.3) is 0 Å². The molecule has 0 aromatic heterocycles. The summed E-state index contributed by atoms with van der Waals surface area (Å²) in [5.41, 5.74) is 3.34. The summed E-state index contributed by atoms with van der Waals surface area (Å²) in [6, 6.07) is 10.6. The van der Waals surface area contributed by atoms with Crippen molar-refractivity contribution in [1.29, 1.82) is 0 Å². The third-order valence-corrected chi connectivity index (χ3v) is 6.23. The molecule has 6 nitrogen and oxygen atoms in total. The number of rotatable bonds is 7. The quantitative estimate of drug-likeness (QED) is 0.767. The Kier molecular flexibility index (Phi) is 6.79. The van der Waals surface area contributed by atoms with Gasteiger partial charge >= 0.3 is 10.2 Å². The summed E-state index contributed by atoms with van der Waals surface area (Å²) >= 11 is 0. The minimum Gasteiger partial charge on any atom is -0.348 e. The first-order valence-corrected chi connectivity index (χ1v) is 10.2. The van der Waals surface area contributed by atoms with Gasteiger partial charge in [-0.15, -0.1) is 0 Å². The van der Waals surface area contributed by atoms with Gasteiger partial charge in [0, 0.05) is 14.1 Å². The lowest BCUT2D eigenvalue weighted by atomic mass is 10.0. The normalized spacial score (nSPS) is 12.7. The monoisotopic (exact) mass is 407 g/mol. The van der Waals surface area contributed by atoms with Crippen molar-refractivity contribution in [2.45, 2.75) is 26.8 Å². The number of anilines is 1. The molecule has 2 rings (SSSR count). The van der Waals surface area contributed by atoms with E-state index < -0.39 is 28.5 Å². The molecular formula is C20H26FN3O3S. The number of hydrogen-bond donors (Lipinski definition) is 1. The maximum atomic E-state index is 13.2. The molecule has 0 saturated carbocycles. The van der Waals surface area contributed by atoms with Crippen LogP contribution in [-0.2, 0) is 15.0 Å². The van der Waals surface area contributed by atoms with Crippen LogP contribution < -0.4 is 9.62 Å². The van der Waals surface area contributed by atoms with E-state index in [-0.39, 0.29) is 11.7 Å². The molecule has 0 saturated heterocycles. The molecule has 8 heteroatoms. The fourth-order valence-electron chi connectivity index (χ4n) is 2.92. The van der Waals surface area contributed by atoms with Crippen molar-refractivity contribution in [3.63, 3.8) is 0 Å². The lowest BCUT2D eigenvalue weighted by Gasteiger charge is -2.27. The van der Waals surface area contributed by atoms with Gasteiger partial charge in [-0.05, 0) is 56.2 Å². The first kappa shape index (κ1) is 21.8. The van der Waals surface area contributed by atoms with E-state index in [4.69, 9.17) is 0 Å². The van der Waals surface area contributed by atoms with Crippen LogP contribution in [0.5, 0.6) is 0 Å². The summed E-state index contributed by atoms with van der Waals surface area (Å²) in [6.45, 7) is 5.39. The molecule has 152 valence electrons. The van der Waals surface area contributed by atoms with Crippen molar-refractivity contribution in [3.05, 3.63) is 65.0 Å². The van der Waals surface area contributed by atoms with Crippen LogP contribution in [0.15, 0.2) is 42.5 Å². The predicted molar refractivity (Wildman–Crippen MR) is 109 cm³/mol. The van der Waals surface area contributed by atoms with E-state index >= 15 is 0 Å². The second-order valence-corrected chi connectivity index (χ2v) is 8.99. The van der Waals surface area contributed by atoms with E-state index in [1.165, 1.54) is 26.2 Å². The van der Waals surface area contributed by atoms with Crippen molar-refractivity contribution in [2.75, 3.05) is 24.9 Å². The van der Waals surface area contributed by atoms with Gasteiger partial charge in [-0.2, -0.15) is 12.7 Å². The lowest BCUT2D eigenvalue weighted by molar-refractivity contribution is -0.120. The Bertz CT molecular complexity index is 944. The number of nitrogens with zero attached hydrogens (tertiary/aromatic N) is 2. The minimum absolute atomic E-state index is 0.212. The Morgan fingerprint density at radius 2 is 1.71 bits per heavy atom. The first-order valence-electron chi connectivity index (χ1n) is 8.84. The number of carbonyl (C=O) groups is 1. The summed E-state index contributed by atoms with van der Waals surface area (Å²) in [5, 5.41) is 2.84. The van der Waals surface area contributed by atoms with Crippen molar-refractivity contribution >= 4 is 21.8 Å². The third kappa shape index (κ3) is 5.08. The predicted octanol–water partition coefficient (Wildman–Crippen LogP) is 2.93. The number of benzene rings is 2. The summed E-state index contributed by atoms with van der Waals surface area (Å²) in [5.74, 6) is -0.943. The second kappa shape index (κ2) is 8.70. The van der Waals surface area contributed by atoms with Gasteiger partial charge in [0.05, 0.1) is 11.7 Å². The zero-order valence-electron chi connectivity index (χ0n) is 16.7. The molecule has 0 unspecified atom stereocenters. The second-order valence-electron chi connectivity index (χ2n) is 6.92. The Labute approximate surface area is 166 Å². The van der Waals surface area contributed by atoms with E-state index in [1.807, 2.05) is 39.0 Å². The molecule has 0 aliphatic carbocycles. The summed E-state index contributed by atoms with van der Waals surface area (Å²) < 4.78 is 40.6. The van der Waals surface area contributed by atoms with Crippen molar-refractivity contribution in [2.24, 2.45) is 0 Å². The van der Waals surface area contributed by atoms with E-state index in [2.05, 4.69) is 5.32 Å². The third-order valence-electron chi connectivity index (χ3n) is 4.41. The number of amides is 1. The van der Waals surface area contributed by atoms with Crippen LogP contribution in [0, 0.1) is 19.7 Å². The highest BCUT2D eigenvalue weighted by atomic mass is 32.2. The van der Waals surface area contributed by atoms with Crippen LogP contribution in [0.1, 0.15) is 29.7 Å². The van der Waals surface area contributed by atoms with Crippen molar-refractivity contribution in [3.8, 4) is 0 Å². The minimum atomic E-state index is -3.93. The fourth-order valence-corrected chi connectivity index (χ4v) is 3.98. The maximum Gasteiger partial charge on any atom is 0.304 e. The summed E-state index contributed by atoms with van der Waals surface area (Å²) in [4.78, 5) is 12.6. The standard InChI is InChI=1S/C20H26FN3O3S/c1-14-6-11-19(15(2)12-14)16(3)22-20(25)13-24(28(26,27)23(4)5)18-9-7-17(21)8-10-18/h6-12,16H,13H2,1-5H3,(H,22,25)/t16-/m1/s1. The number of hydrogen-bond acceptors (Lipinski definition) is 3. The van der Waals surface area contributed by atoms with Gasteiger partial charge in [0.1, 0.15) is 12.4 Å². The molecule has 28 heavy (non-hydrogen) atoms. The lowest BCUT2D eigenvalue weighted by Crippen LogP contribution is -2.46. The first-order chi connectivity index (χ1) is 13.0. The Morgan fingerprint density at radius 1 is 1.11 bits per heavy atom. The molecular weight excluding hydrogens is 381 g/mol. The van der Waals surface area contributed by atoms with Crippen LogP contribution in [0.3, 0.4) is 0 Å². The van der Waals surface area contributed by atoms with E-state index in [0.717, 1.165) is 37.4 Å². The number of aryl methyl sites for hydroxylation is 2. The molecule has 0 radical (unpaired) electrons. The van der Waals surface area contributed by atoms with Crippen molar-refractivity contribution in [1.82, 2.24) is 9.62 Å². The summed E-state index contributed by atoms with van der Waals surface area (Å²) in [6.07, 6.45) is 0. The van der Waals surface area contributed by atoms with Gasteiger partial charge in [0.2, 0.25) is 5.91 Å². The largest absolute Gasteiger partial charge is 0.348 e. The molecule has 0 heterocycles. The van der Waals surface area contributed by atoms with Crippen LogP contribution in [0.25, 0.3) is 0 Å². The number of carbonyl (C=O) groups excluding carboxylic acids is 1. The van der Waals surface area contributed by atoms with Gasteiger partial charge < -0.3 is 5.32 Å². The van der Waals surface area contributed by atoms with E-state index in [1.54, 1.807) is 0 Å². The Hall–Kier alpha value is -2.45. The van der Waals surface area contributed by atoms with Crippen LogP contribution in [-0.4, -0.2) is 39.3 Å². The number of nitrogens with one attached hydrogen (secondary N) is 1. The van der Waals surface area contributed by atoms with Crippen molar-refractivity contribution < 1.29 is 17.6 Å². The van der Waals surface area contributed by atoms with E-state index in [9.17, 15) is 17.6 Å². The smallest absolute Gasteiger partial charge is 0.304 e. The molecule has 1 N–H and O–H groups in total. The summed E-state index contributed by atoms with van der Waals surface area (Å²) in [7, 11) is -1.18. The van der Waals surface area contributed by atoms with Crippen LogP contribution >= 0.6 is 0 Å². The van der Waals surface area contributed by atoms with Gasteiger partial charge in [-0.3, -0.25) is 4.79 Å². The average Bonchev–Trinajstić information content (AvgIpc) is 2.60. The van der Waals surface area contributed by atoms with Gasteiger partial charge in [-0.25, -0.2) is 8.70 Å². The zero-order valence-corrected chi connectivity index (χ0v) is 17.5. The molecule has 2 aromatic carbocycles. The molecule has 0 aliphatic rings. The highest BCUT2D eigenvalue weighted by molar-refractivity contribution is 7.90. The van der Waals surface area contributed by atoms with Crippen LogP contribution in [0.2, 0.25) is 0 Å². The topological polar surface area (TPSA) is 69.7 Å². The Balaban J connectivity index is 2.23. The molecule has 0 fully saturated rings. The maximum absolute atomic E-state index is 13.2.